The molecule has 8 heteroatoms. The Morgan fingerprint density at radius 1 is 1.06 bits per heavy atom. The molecule has 0 fully saturated rings. The number of aromatic nitrogens is 2. The Morgan fingerprint density at radius 3 is 2.45 bits per heavy atom. The molecule has 1 aliphatic rings. The lowest BCUT2D eigenvalue weighted by Gasteiger charge is -2.17. The van der Waals surface area contributed by atoms with E-state index >= 15 is 0 Å². The summed E-state index contributed by atoms with van der Waals surface area (Å²) in [5.41, 5.74) is 2.77. The fourth-order valence-corrected chi connectivity index (χ4v) is 3.53. The number of imide groups is 1. The first kappa shape index (κ1) is 20.5. The summed E-state index contributed by atoms with van der Waals surface area (Å²) in [7, 11) is 1.65. The van der Waals surface area contributed by atoms with Gasteiger partial charge in [-0.3, -0.25) is 19.3 Å². The third-order valence-corrected chi connectivity index (χ3v) is 5.19. The van der Waals surface area contributed by atoms with Crippen LogP contribution < -0.4 is 0 Å². The normalized spacial score (nSPS) is 12.9. The molecule has 2 heterocycles. The van der Waals surface area contributed by atoms with E-state index in [1.54, 1.807) is 31.3 Å². The second-order valence-corrected chi connectivity index (χ2v) is 7.54. The number of fused-ring (bicyclic) bond motifs is 1. The van der Waals surface area contributed by atoms with Gasteiger partial charge in [-0.15, -0.1) is 0 Å². The number of aryl methyl sites for hydroxylation is 1. The van der Waals surface area contributed by atoms with Gasteiger partial charge in [0.2, 0.25) is 17.6 Å². The van der Waals surface area contributed by atoms with Crippen molar-refractivity contribution in [2.45, 2.75) is 26.3 Å². The predicted molar refractivity (Wildman–Crippen MR) is 112 cm³/mol. The summed E-state index contributed by atoms with van der Waals surface area (Å²) in [5, 5.41) is 3.99. The molecule has 3 aromatic rings. The van der Waals surface area contributed by atoms with Crippen LogP contribution in [0.1, 0.15) is 45.0 Å². The van der Waals surface area contributed by atoms with Gasteiger partial charge in [0.25, 0.3) is 11.8 Å². The molecule has 0 N–H and O–H groups in total. The van der Waals surface area contributed by atoms with Gasteiger partial charge in [-0.05, 0) is 31.5 Å². The highest BCUT2D eigenvalue weighted by molar-refractivity contribution is 6.21. The van der Waals surface area contributed by atoms with E-state index in [4.69, 9.17) is 4.52 Å². The topological polar surface area (TPSA) is 96.6 Å². The van der Waals surface area contributed by atoms with E-state index in [0.29, 0.717) is 29.3 Å². The minimum Gasteiger partial charge on any atom is -0.337 e. The third kappa shape index (κ3) is 4.23. The zero-order valence-electron chi connectivity index (χ0n) is 17.4. The van der Waals surface area contributed by atoms with E-state index in [9.17, 15) is 14.4 Å². The van der Waals surface area contributed by atoms with Gasteiger partial charge >= 0.3 is 0 Å². The summed E-state index contributed by atoms with van der Waals surface area (Å²) >= 11 is 0. The summed E-state index contributed by atoms with van der Waals surface area (Å²) in [6.07, 6.45) is 0.579. The lowest BCUT2D eigenvalue weighted by molar-refractivity contribution is -0.130. The van der Waals surface area contributed by atoms with Crippen molar-refractivity contribution >= 4 is 17.7 Å². The first-order chi connectivity index (χ1) is 14.9. The van der Waals surface area contributed by atoms with Crippen LogP contribution in [0.3, 0.4) is 0 Å². The van der Waals surface area contributed by atoms with Crippen molar-refractivity contribution in [3.05, 3.63) is 71.1 Å². The molecule has 1 aromatic heterocycles. The van der Waals surface area contributed by atoms with Crippen LogP contribution in [-0.4, -0.2) is 51.3 Å². The largest absolute Gasteiger partial charge is 0.337 e. The Kier molecular flexibility index (Phi) is 5.62. The van der Waals surface area contributed by atoms with Crippen LogP contribution in [0.5, 0.6) is 0 Å². The van der Waals surface area contributed by atoms with Crippen LogP contribution >= 0.6 is 0 Å². The molecule has 0 aliphatic carbocycles. The SMILES string of the molecule is Cc1cccc(-c2noc(CN(C)C(=O)CCCN3C(=O)c4ccccc4C3=O)n2)c1. The van der Waals surface area contributed by atoms with E-state index in [1.165, 1.54) is 9.80 Å². The molecule has 0 saturated heterocycles. The summed E-state index contributed by atoms with van der Waals surface area (Å²) in [6.45, 7) is 2.37. The summed E-state index contributed by atoms with van der Waals surface area (Å²) in [4.78, 5) is 44.3. The molecule has 3 amide bonds. The van der Waals surface area contributed by atoms with Gasteiger partial charge in [0.05, 0.1) is 17.7 Å². The smallest absolute Gasteiger partial charge is 0.261 e. The Hall–Kier alpha value is -3.81. The van der Waals surface area contributed by atoms with Crippen LogP contribution in [0.4, 0.5) is 0 Å². The van der Waals surface area contributed by atoms with E-state index < -0.39 is 0 Å². The number of amides is 3. The van der Waals surface area contributed by atoms with E-state index in [0.717, 1.165) is 11.1 Å². The van der Waals surface area contributed by atoms with Crippen LogP contribution in [0, 0.1) is 6.92 Å². The maximum absolute atomic E-state index is 12.5. The van der Waals surface area contributed by atoms with Crippen molar-refractivity contribution in [2.24, 2.45) is 0 Å². The molecule has 0 atom stereocenters. The average molecular weight is 418 g/mol. The molecule has 8 nitrogen and oxygen atoms in total. The standard InChI is InChI=1S/C23H22N4O4/c1-15-7-5-8-16(13-15)21-24-19(31-25-21)14-26(2)20(28)11-6-12-27-22(29)17-9-3-4-10-18(17)23(27)30/h3-5,7-10,13H,6,11-12,14H2,1-2H3. The molecule has 0 spiro atoms. The van der Waals surface area contributed by atoms with Crippen molar-refractivity contribution in [1.82, 2.24) is 19.9 Å². The first-order valence-electron chi connectivity index (χ1n) is 10.0. The maximum Gasteiger partial charge on any atom is 0.261 e. The molecular weight excluding hydrogens is 396 g/mol. The fraction of sp³-hybridized carbons (Fsp3) is 0.261. The van der Waals surface area contributed by atoms with Crippen molar-refractivity contribution in [3.63, 3.8) is 0 Å². The Bertz CT molecular complexity index is 1120. The van der Waals surface area contributed by atoms with Gasteiger partial charge in [0.1, 0.15) is 0 Å². The van der Waals surface area contributed by atoms with Gasteiger partial charge in [-0.25, -0.2) is 0 Å². The number of rotatable bonds is 7. The van der Waals surface area contributed by atoms with Crippen LogP contribution in [0.25, 0.3) is 11.4 Å². The average Bonchev–Trinajstić information content (AvgIpc) is 3.32. The Morgan fingerprint density at radius 2 is 1.77 bits per heavy atom. The first-order valence-corrected chi connectivity index (χ1v) is 10.0. The molecule has 0 bridgehead atoms. The number of carbonyl (C=O) groups is 3. The molecule has 158 valence electrons. The van der Waals surface area contributed by atoms with Crippen molar-refractivity contribution in [2.75, 3.05) is 13.6 Å². The van der Waals surface area contributed by atoms with Gasteiger partial charge in [-0.1, -0.05) is 41.1 Å². The van der Waals surface area contributed by atoms with Crippen molar-refractivity contribution in [1.29, 1.82) is 0 Å². The second kappa shape index (κ2) is 8.51. The van der Waals surface area contributed by atoms with Crippen molar-refractivity contribution in [3.8, 4) is 11.4 Å². The zero-order valence-corrected chi connectivity index (χ0v) is 17.4. The minimum absolute atomic E-state index is 0.132. The second-order valence-electron chi connectivity index (χ2n) is 7.54. The van der Waals surface area contributed by atoms with Crippen LogP contribution in [0.2, 0.25) is 0 Å². The molecule has 1 aliphatic heterocycles. The number of hydrogen-bond donors (Lipinski definition) is 0. The quantitative estimate of drug-likeness (QED) is 0.547. The Labute approximate surface area is 179 Å². The Balaban J connectivity index is 1.29. The highest BCUT2D eigenvalue weighted by atomic mass is 16.5. The summed E-state index contributed by atoms with van der Waals surface area (Å²) < 4.78 is 5.28. The van der Waals surface area contributed by atoms with Crippen LogP contribution in [-0.2, 0) is 11.3 Å². The van der Waals surface area contributed by atoms with Gasteiger partial charge in [-0.2, -0.15) is 4.98 Å². The zero-order chi connectivity index (χ0) is 22.0. The molecule has 0 radical (unpaired) electrons. The lowest BCUT2D eigenvalue weighted by atomic mass is 10.1. The maximum atomic E-state index is 12.5. The van der Waals surface area contributed by atoms with Gasteiger partial charge in [0.15, 0.2) is 0 Å². The molecule has 2 aromatic carbocycles. The van der Waals surface area contributed by atoms with Crippen LogP contribution in [0.15, 0.2) is 53.1 Å². The predicted octanol–water partition coefficient (Wildman–Crippen LogP) is 3.08. The highest BCUT2D eigenvalue weighted by Gasteiger charge is 2.34. The lowest BCUT2D eigenvalue weighted by Crippen LogP contribution is -2.32. The molecule has 4 rings (SSSR count). The minimum atomic E-state index is -0.309. The van der Waals surface area contributed by atoms with Crippen molar-refractivity contribution < 1.29 is 18.9 Å². The molecular formula is C23H22N4O4. The van der Waals surface area contributed by atoms with E-state index in [2.05, 4.69) is 10.1 Å². The highest BCUT2D eigenvalue weighted by Crippen LogP contribution is 2.23. The monoisotopic (exact) mass is 418 g/mol. The van der Waals surface area contributed by atoms with Gasteiger partial charge < -0.3 is 9.42 Å². The number of benzene rings is 2. The number of carbonyl (C=O) groups excluding carboxylic acids is 3. The summed E-state index contributed by atoms with van der Waals surface area (Å²) in [6, 6.07) is 14.5. The van der Waals surface area contributed by atoms with Gasteiger partial charge in [0, 0.05) is 25.6 Å². The fourth-order valence-electron chi connectivity index (χ4n) is 3.53. The number of hydrogen-bond acceptors (Lipinski definition) is 6. The molecule has 31 heavy (non-hydrogen) atoms. The third-order valence-electron chi connectivity index (χ3n) is 5.19. The molecule has 0 unspecified atom stereocenters. The molecule has 0 saturated carbocycles. The summed E-state index contributed by atoms with van der Waals surface area (Å²) in [5.74, 6) is 0.0664. The van der Waals surface area contributed by atoms with E-state index in [-0.39, 0.29) is 37.2 Å². The number of nitrogens with zero attached hydrogens (tertiary/aromatic N) is 4. The van der Waals surface area contributed by atoms with E-state index in [1.807, 2.05) is 31.2 Å².